The molecule has 1 N–H and O–H groups in total. The number of rotatable bonds is 3. The van der Waals surface area contributed by atoms with E-state index in [1.807, 2.05) is 0 Å². The van der Waals surface area contributed by atoms with Crippen molar-refractivity contribution in [3.05, 3.63) is 29.8 Å². The summed E-state index contributed by atoms with van der Waals surface area (Å²) in [6, 6.07) is 8.65. The van der Waals surface area contributed by atoms with Gasteiger partial charge in [0, 0.05) is 12.2 Å². The molecule has 1 atom stereocenters. The van der Waals surface area contributed by atoms with Crippen molar-refractivity contribution in [3.63, 3.8) is 0 Å². The lowest BCUT2D eigenvalue weighted by molar-refractivity contribution is -0.133. The molecular formula is C15H23NO2. The third-order valence-corrected chi connectivity index (χ3v) is 3.26. The van der Waals surface area contributed by atoms with Gasteiger partial charge in [-0.2, -0.15) is 0 Å². The molecule has 3 heteroatoms. The van der Waals surface area contributed by atoms with Gasteiger partial charge in [-0.25, -0.2) is 0 Å². The van der Waals surface area contributed by atoms with E-state index >= 15 is 0 Å². The van der Waals surface area contributed by atoms with Crippen LogP contribution in [0.25, 0.3) is 0 Å². The van der Waals surface area contributed by atoms with E-state index in [1.54, 1.807) is 0 Å². The van der Waals surface area contributed by atoms with Crippen molar-refractivity contribution in [2.45, 2.75) is 38.7 Å². The van der Waals surface area contributed by atoms with Gasteiger partial charge in [0.25, 0.3) is 0 Å². The van der Waals surface area contributed by atoms with Crippen LogP contribution in [-0.2, 0) is 14.9 Å². The summed E-state index contributed by atoms with van der Waals surface area (Å²) in [5, 5.41) is 3.41. The molecular weight excluding hydrogens is 226 g/mol. The van der Waals surface area contributed by atoms with E-state index in [0.29, 0.717) is 6.79 Å². The van der Waals surface area contributed by atoms with Crippen LogP contribution in [0.5, 0.6) is 0 Å². The minimum Gasteiger partial charge on any atom is -0.382 e. The van der Waals surface area contributed by atoms with Crippen LogP contribution in [0.2, 0.25) is 0 Å². The van der Waals surface area contributed by atoms with Crippen LogP contribution < -0.4 is 5.32 Å². The van der Waals surface area contributed by atoms with Crippen LogP contribution in [0.4, 0.5) is 5.69 Å². The minimum absolute atomic E-state index is 0.211. The smallest absolute Gasteiger partial charge is 0.147 e. The first-order chi connectivity index (χ1) is 8.55. The maximum absolute atomic E-state index is 5.49. The van der Waals surface area contributed by atoms with Gasteiger partial charge < -0.3 is 14.8 Å². The molecule has 0 aromatic heterocycles. The van der Waals surface area contributed by atoms with E-state index in [1.165, 1.54) is 5.56 Å². The standard InChI is InChI=1S/C15H23NO2/c1-15(2,3)12-4-6-13(7-5-12)16-10-14-8-9-17-11-18-14/h4-7,14,16H,8-11H2,1-3H3. The monoisotopic (exact) mass is 249 g/mol. The molecule has 0 aliphatic carbocycles. The molecule has 0 radical (unpaired) electrons. The summed E-state index contributed by atoms with van der Waals surface area (Å²) in [6.45, 7) is 8.75. The zero-order valence-corrected chi connectivity index (χ0v) is 11.5. The summed E-state index contributed by atoms with van der Waals surface area (Å²) in [5.41, 5.74) is 2.72. The van der Waals surface area contributed by atoms with Gasteiger partial charge in [0.1, 0.15) is 6.79 Å². The summed E-state index contributed by atoms with van der Waals surface area (Å²) in [6.07, 6.45) is 1.23. The predicted octanol–water partition coefficient (Wildman–Crippen LogP) is 3.16. The van der Waals surface area contributed by atoms with Crippen molar-refractivity contribution in [2.75, 3.05) is 25.3 Å². The minimum atomic E-state index is 0.211. The lowest BCUT2D eigenvalue weighted by Gasteiger charge is -2.24. The molecule has 3 nitrogen and oxygen atoms in total. The molecule has 1 saturated heterocycles. The highest BCUT2D eigenvalue weighted by molar-refractivity contribution is 5.45. The second-order valence-electron chi connectivity index (χ2n) is 5.81. The van der Waals surface area contributed by atoms with Crippen molar-refractivity contribution in [2.24, 2.45) is 0 Å². The van der Waals surface area contributed by atoms with Crippen molar-refractivity contribution >= 4 is 5.69 Å². The van der Waals surface area contributed by atoms with E-state index in [-0.39, 0.29) is 11.5 Å². The molecule has 2 rings (SSSR count). The Labute approximate surface area is 109 Å². The fourth-order valence-corrected chi connectivity index (χ4v) is 1.98. The molecule has 0 spiro atoms. The van der Waals surface area contributed by atoms with Crippen LogP contribution in [0, 0.1) is 0 Å². The van der Waals surface area contributed by atoms with E-state index in [2.05, 4.69) is 50.4 Å². The molecule has 0 bridgehead atoms. The average Bonchev–Trinajstić information content (AvgIpc) is 2.37. The number of hydrogen-bond donors (Lipinski definition) is 1. The number of nitrogens with one attached hydrogen (secondary N) is 1. The van der Waals surface area contributed by atoms with E-state index in [9.17, 15) is 0 Å². The highest BCUT2D eigenvalue weighted by Crippen LogP contribution is 2.23. The highest BCUT2D eigenvalue weighted by Gasteiger charge is 2.15. The highest BCUT2D eigenvalue weighted by atomic mass is 16.7. The zero-order chi connectivity index (χ0) is 13.0. The normalized spacial score (nSPS) is 20.7. The Bertz CT molecular complexity index is 361. The third-order valence-electron chi connectivity index (χ3n) is 3.26. The second-order valence-corrected chi connectivity index (χ2v) is 5.81. The largest absolute Gasteiger partial charge is 0.382 e. The lowest BCUT2D eigenvalue weighted by atomic mass is 9.87. The Kier molecular flexibility index (Phi) is 4.25. The van der Waals surface area contributed by atoms with Gasteiger partial charge in [-0.3, -0.25) is 0 Å². The molecule has 1 heterocycles. The molecule has 1 aromatic carbocycles. The van der Waals surface area contributed by atoms with Gasteiger partial charge in [0.2, 0.25) is 0 Å². The molecule has 1 aliphatic rings. The van der Waals surface area contributed by atoms with Gasteiger partial charge in [0.05, 0.1) is 12.7 Å². The number of hydrogen-bond acceptors (Lipinski definition) is 3. The Morgan fingerprint density at radius 1 is 1.22 bits per heavy atom. The van der Waals surface area contributed by atoms with Crippen LogP contribution in [-0.4, -0.2) is 26.0 Å². The Balaban J connectivity index is 1.86. The van der Waals surface area contributed by atoms with Crippen LogP contribution in [0.15, 0.2) is 24.3 Å². The van der Waals surface area contributed by atoms with E-state index in [0.717, 1.165) is 25.3 Å². The van der Waals surface area contributed by atoms with Crippen molar-refractivity contribution in [1.29, 1.82) is 0 Å². The molecule has 0 saturated carbocycles. The summed E-state index contributed by atoms with van der Waals surface area (Å²) in [4.78, 5) is 0. The summed E-state index contributed by atoms with van der Waals surface area (Å²) >= 11 is 0. The summed E-state index contributed by atoms with van der Waals surface area (Å²) < 4.78 is 10.6. The van der Waals surface area contributed by atoms with Gasteiger partial charge in [-0.1, -0.05) is 32.9 Å². The van der Waals surface area contributed by atoms with E-state index in [4.69, 9.17) is 9.47 Å². The van der Waals surface area contributed by atoms with Gasteiger partial charge >= 0.3 is 0 Å². The summed E-state index contributed by atoms with van der Waals surface area (Å²) in [7, 11) is 0. The molecule has 100 valence electrons. The Morgan fingerprint density at radius 2 is 1.94 bits per heavy atom. The SMILES string of the molecule is CC(C)(C)c1ccc(NCC2CCOCO2)cc1. The van der Waals surface area contributed by atoms with Gasteiger partial charge in [-0.05, 0) is 29.5 Å². The maximum Gasteiger partial charge on any atom is 0.147 e. The van der Waals surface area contributed by atoms with Crippen LogP contribution in [0.1, 0.15) is 32.8 Å². The topological polar surface area (TPSA) is 30.5 Å². The predicted molar refractivity (Wildman–Crippen MR) is 73.9 cm³/mol. The summed E-state index contributed by atoms with van der Waals surface area (Å²) in [5.74, 6) is 0. The first-order valence-electron chi connectivity index (χ1n) is 6.59. The second kappa shape index (κ2) is 5.72. The molecule has 18 heavy (non-hydrogen) atoms. The van der Waals surface area contributed by atoms with E-state index < -0.39 is 0 Å². The first-order valence-corrected chi connectivity index (χ1v) is 6.59. The fraction of sp³-hybridized carbons (Fsp3) is 0.600. The van der Waals surface area contributed by atoms with Crippen molar-refractivity contribution in [3.8, 4) is 0 Å². The average molecular weight is 249 g/mol. The number of ether oxygens (including phenoxy) is 2. The Morgan fingerprint density at radius 3 is 2.50 bits per heavy atom. The van der Waals surface area contributed by atoms with Crippen LogP contribution in [0.3, 0.4) is 0 Å². The molecule has 1 fully saturated rings. The number of anilines is 1. The van der Waals surface area contributed by atoms with Crippen LogP contribution >= 0.6 is 0 Å². The van der Waals surface area contributed by atoms with Gasteiger partial charge in [-0.15, -0.1) is 0 Å². The molecule has 1 aromatic rings. The van der Waals surface area contributed by atoms with Crippen molar-refractivity contribution in [1.82, 2.24) is 0 Å². The van der Waals surface area contributed by atoms with Gasteiger partial charge in [0.15, 0.2) is 0 Å². The molecule has 1 unspecified atom stereocenters. The third kappa shape index (κ3) is 3.72. The first kappa shape index (κ1) is 13.4. The Hall–Kier alpha value is -1.06. The van der Waals surface area contributed by atoms with Crippen molar-refractivity contribution < 1.29 is 9.47 Å². The lowest BCUT2D eigenvalue weighted by Crippen LogP contribution is -2.30. The molecule has 1 aliphatic heterocycles. The maximum atomic E-state index is 5.49. The quantitative estimate of drug-likeness (QED) is 0.892. The molecule has 0 amide bonds. The number of benzene rings is 1. The zero-order valence-electron chi connectivity index (χ0n) is 11.5. The fourth-order valence-electron chi connectivity index (χ4n) is 1.98.